The summed E-state index contributed by atoms with van der Waals surface area (Å²) in [5.41, 5.74) is 0.705. The number of nitrogens with one attached hydrogen (secondary N) is 2. The third-order valence-corrected chi connectivity index (χ3v) is 3.62. The van der Waals surface area contributed by atoms with Crippen LogP contribution in [0.25, 0.3) is 6.08 Å². The molecule has 0 spiro atoms. The van der Waals surface area contributed by atoms with E-state index in [4.69, 9.17) is 11.6 Å². The van der Waals surface area contributed by atoms with Gasteiger partial charge in [0.25, 0.3) is 11.6 Å². The summed E-state index contributed by atoms with van der Waals surface area (Å²) in [5.74, 6) is -0.657. The summed E-state index contributed by atoms with van der Waals surface area (Å²) in [6, 6.07) is 12.7. The lowest BCUT2D eigenvalue weighted by Crippen LogP contribution is -2.13. The van der Waals surface area contributed by atoms with Gasteiger partial charge in [0.1, 0.15) is 17.3 Å². The first kappa shape index (κ1) is 18.0. The summed E-state index contributed by atoms with van der Waals surface area (Å²) in [6.45, 7) is 0. The van der Waals surface area contributed by atoms with Gasteiger partial charge in [0.15, 0.2) is 0 Å². The second-order valence-electron chi connectivity index (χ2n) is 4.89. The first-order valence-corrected chi connectivity index (χ1v) is 7.48. The minimum atomic E-state index is -0.657. The van der Waals surface area contributed by atoms with Gasteiger partial charge < -0.3 is 10.6 Å². The van der Waals surface area contributed by atoms with Crippen LogP contribution in [0.4, 0.5) is 17.1 Å². The molecule has 0 atom stereocenters. The molecule has 126 valence electrons. The number of hydrogen-bond donors (Lipinski definition) is 2. The Bertz CT molecular complexity index is 903. The Morgan fingerprint density at radius 2 is 2.00 bits per heavy atom. The van der Waals surface area contributed by atoms with Crippen LogP contribution in [0, 0.1) is 21.4 Å². The number of nitro groups is 1. The van der Waals surface area contributed by atoms with Crippen LogP contribution in [0.15, 0.2) is 48.0 Å². The number of amides is 1. The fraction of sp³-hybridized carbons (Fsp3) is 0.0588. The molecular formula is C17H13ClN4O3. The van der Waals surface area contributed by atoms with Crippen molar-refractivity contribution in [2.45, 2.75) is 0 Å². The van der Waals surface area contributed by atoms with E-state index in [2.05, 4.69) is 10.6 Å². The SMILES string of the molecule is CNc1ccc(/C=C(/C#N)C(=O)Nc2ccccc2Cl)cc1[N+](=O)[O-]. The molecule has 1 amide bonds. The number of rotatable bonds is 5. The Morgan fingerprint density at radius 3 is 2.60 bits per heavy atom. The van der Waals surface area contributed by atoms with Crippen LogP contribution in [0.1, 0.15) is 5.56 Å². The van der Waals surface area contributed by atoms with Crippen molar-refractivity contribution < 1.29 is 9.72 Å². The lowest BCUT2D eigenvalue weighted by Gasteiger charge is -2.06. The molecule has 0 aliphatic heterocycles. The number of nitriles is 1. The van der Waals surface area contributed by atoms with Crippen molar-refractivity contribution in [3.05, 3.63) is 68.7 Å². The Labute approximate surface area is 148 Å². The minimum Gasteiger partial charge on any atom is -0.383 e. The van der Waals surface area contributed by atoms with Crippen molar-refractivity contribution in [1.29, 1.82) is 5.26 Å². The van der Waals surface area contributed by atoms with Crippen LogP contribution >= 0.6 is 11.6 Å². The maximum absolute atomic E-state index is 12.2. The zero-order chi connectivity index (χ0) is 18.4. The predicted octanol–water partition coefficient (Wildman–Crippen LogP) is 3.84. The molecule has 2 rings (SSSR count). The third kappa shape index (κ3) is 4.34. The molecule has 25 heavy (non-hydrogen) atoms. The van der Waals surface area contributed by atoms with E-state index >= 15 is 0 Å². The molecule has 8 heteroatoms. The van der Waals surface area contributed by atoms with Gasteiger partial charge >= 0.3 is 0 Å². The van der Waals surface area contributed by atoms with Crippen LogP contribution in [-0.4, -0.2) is 17.9 Å². The Hall–Kier alpha value is -3.37. The molecule has 0 aromatic heterocycles. The van der Waals surface area contributed by atoms with Crippen LogP contribution in [0.5, 0.6) is 0 Å². The number of para-hydroxylation sites is 1. The molecule has 0 aliphatic carbocycles. The van der Waals surface area contributed by atoms with Crippen molar-refractivity contribution in [2.75, 3.05) is 17.7 Å². The molecular weight excluding hydrogens is 344 g/mol. The molecule has 0 saturated carbocycles. The number of benzene rings is 2. The molecule has 0 fully saturated rings. The van der Waals surface area contributed by atoms with Gasteiger partial charge in [-0.2, -0.15) is 5.26 Å². The third-order valence-electron chi connectivity index (χ3n) is 3.29. The molecule has 0 aliphatic rings. The van der Waals surface area contributed by atoms with E-state index in [1.165, 1.54) is 18.2 Å². The van der Waals surface area contributed by atoms with Crippen LogP contribution < -0.4 is 10.6 Å². The van der Waals surface area contributed by atoms with Crippen molar-refractivity contribution >= 4 is 40.6 Å². The lowest BCUT2D eigenvalue weighted by molar-refractivity contribution is -0.384. The second kappa shape index (κ2) is 7.95. The monoisotopic (exact) mass is 356 g/mol. The van der Waals surface area contributed by atoms with E-state index in [1.54, 1.807) is 43.4 Å². The first-order valence-electron chi connectivity index (χ1n) is 7.10. The van der Waals surface area contributed by atoms with Crippen LogP contribution in [0.2, 0.25) is 5.02 Å². The largest absolute Gasteiger partial charge is 0.383 e. The predicted molar refractivity (Wildman–Crippen MR) is 96.3 cm³/mol. The normalized spacial score (nSPS) is 10.7. The number of carbonyl (C=O) groups excluding carboxylic acids is 1. The number of anilines is 2. The highest BCUT2D eigenvalue weighted by Crippen LogP contribution is 2.26. The van der Waals surface area contributed by atoms with Gasteiger partial charge in [-0.3, -0.25) is 14.9 Å². The number of hydrogen-bond acceptors (Lipinski definition) is 5. The molecule has 0 unspecified atom stereocenters. The van der Waals surface area contributed by atoms with Crippen molar-refractivity contribution in [3.63, 3.8) is 0 Å². The minimum absolute atomic E-state index is 0.153. The van der Waals surface area contributed by atoms with E-state index < -0.39 is 10.8 Å². The highest BCUT2D eigenvalue weighted by molar-refractivity contribution is 6.34. The van der Waals surface area contributed by atoms with Gasteiger partial charge in [0.05, 0.1) is 15.6 Å². The van der Waals surface area contributed by atoms with E-state index in [0.717, 1.165) is 0 Å². The molecule has 2 N–H and O–H groups in total. The Balaban J connectivity index is 2.33. The molecule has 0 saturated heterocycles. The van der Waals surface area contributed by atoms with Crippen molar-refractivity contribution in [2.24, 2.45) is 0 Å². The molecule has 7 nitrogen and oxygen atoms in total. The van der Waals surface area contributed by atoms with E-state index in [-0.39, 0.29) is 11.3 Å². The highest BCUT2D eigenvalue weighted by atomic mass is 35.5. The molecule has 0 bridgehead atoms. The molecule has 0 radical (unpaired) electrons. The fourth-order valence-electron chi connectivity index (χ4n) is 2.07. The number of carbonyl (C=O) groups is 1. The summed E-state index contributed by atoms with van der Waals surface area (Å²) in [7, 11) is 1.57. The summed E-state index contributed by atoms with van der Waals surface area (Å²) in [6.07, 6.45) is 1.28. The zero-order valence-electron chi connectivity index (χ0n) is 13.1. The van der Waals surface area contributed by atoms with E-state index in [9.17, 15) is 20.2 Å². The average molecular weight is 357 g/mol. The zero-order valence-corrected chi connectivity index (χ0v) is 13.9. The van der Waals surface area contributed by atoms with Crippen molar-refractivity contribution in [1.82, 2.24) is 0 Å². The van der Waals surface area contributed by atoms with Gasteiger partial charge in [-0.1, -0.05) is 29.8 Å². The first-order chi connectivity index (χ1) is 12.0. The average Bonchev–Trinajstić information content (AvgIpc) is 2.61. The quantitative estimate of drug-likeness (QED) is 0.366. The summed E-state index contributed by atoms with van der Waals surface area (Å²) >= 11 is 5.97. The van der Waals surface area contributed by atoms with Gasteiger partial charge in [-0.15, -0.1) is 0 Å². The maximum Gasteiger partial charge on any atom is 0.292 e. The Morgan fingerprint density at radius 1 is 1.28 bits per heavy atom. The summed E-state index contributed by atoms with van der Waals surface area (Å²) in [4.78, 5) is 22.8. The van der Waals surface area contributed by atoms with Gasteiger partial charge in [0, 0.05) is 13.1 Å². The van der Waals surface area contributed by atoms with Crippen LogP contribution in [-0.2, 0) is 4.79 Å². The maximum atomic E-state index is 12.2. The van der Waals surface area contributed by atoms with Crippen molar-refractivity contribution in [3.8, 4) is 6.07 Å². The Kier molecular flexibility index (Phi) is 5.71. The number of nitrogens with zero attached hydrogens (tertiary/aromatic N) is 2. The van der Waals surface area contributed by atoms with E-state index in [1.807, 2.05) is 0 Å². The smallest absolute Gasteiger partial charge is 0.292 e. The second-order valence-corrected chi connectivity index (χ2v) is 5.29. The van der Waals surface area contributed by atoms with Gasteiger partial charge in [-0.25, -0.2) is 0 Å². The molecule has 2 aromatic rings. The summed E-state index contributed by atoms with van der Waals surface area (Å²) < 4.78 is 0. The van der Waals surface area contributed by atoms with Crippen LogP contribution in [0.3, 0.4) is 0 Å². The molecule has 0 heterocycles. The van der Waals surface area contributed by atoms with E-state index in [0.29, 0.717) is 22.0 Å². The topological polar surface area (TPSA) is 108 Å². The summed E-state index contributed by atoms with van der Waals surface area (Å²) in [5, 5.41) is 25.9. The number of halogens is 1. The highest BCUT2D eigenvalue weighted by Gasteiger charge is 2.15. The number of nitro benzene ring substituents is 1. The van der Waals surface area contributed by atoms with Gasteiger partial charge in [0.2, 0.25) is 0 Å². The van der Waals surface area contributed by atoms with Gasteiger partial charge in [-0.05, 0) is 29.8 Å². The fourth-order valence-corrected chi connectivity index (χ4v) is 2.25. The standard InChI is InChI=1S/C17H13ClN4O3/c1-20-15-7-6-11(9-16(15)22(24)25)8-12(10-19)17(23)21-14-5-3-2-4-13(14)18/h2-9,20H,1H3,(H,21,23)/b12-8-. The lowest BCUT2D eigenvalue weighted by atomic mass is 10.1. The molecule has 2 aromatic carbocycles.